The van der Waals surface area contributed by atoms with Crippen LogP contribution in [0.5, 0.6) is 0 Å². The number of nitrogen functional groups attached to an aromatic ring is 1. The van der Waals surface area contributed by atoms with Crippen molar-refractivity contribution in [3.05, 3.63) is 47.3 Å². The van der Waals surface area contributed by atoms with Gasteiger partial charge in [-0.05, 0) is 51.7 Å². The van der Waals surface area contributed by atoms with Crippen LogP contribution in [-0.4, -0.2) is 58.2 Å². The minimum Gasteiger partial charge on any atom is -0.397 e. The van der Waals surface area contributed by atoms with Gasteiger partial charge in [0.25, 0.3) is 11.9 Å². The van der Waals surface area contributed by atoms with Crippen LogP contribution in [0.3, 0.4) is 0 Å². The Morgan fingerprint density at radius 1 is 1.31 bits per heavy atom. The average Bonchev–Trinajstić information content (AvgIpc) is 3.59. The fourth-order valence-electron chi connectivity index (χ4n) is 4.84. The molecular formula is C25H31FN8O. The van der Waals surface area contributed by atoms with Gasteiger partial charge in [0, 0.05) is 55.4 Å². The molecule has 10 heteroatoms. The van der Waals surface area contributed by atoms with Crippen molar-refractivity contribution in [3.63, 3.8) is 0 Å². The number of halogens is 1. The number of benzene rings is 1. The van der Waals surface area contributed by atoms with Gasteiger partial charge in [0.05, 0.1) is 23.1 Å². The number of amides is 1. The zero-order valence-electron chi connectivity index (χ0n) is 20.3. The lowest BCUT2D eigenvalue weighted by molar-refractivity contribution is 0.102. The molecule has 3 heterocycles. The van der Waals surface area contributed by atoms with E-state index < -0.39 is 11.9 Å². The van der Waals surface area contributed by atoms with Gasteiger partial charge >= 0.3 is 0 Å². The number of hydrogen-bond acceptors (Lipinski definition) is 7. The average molecular weight is 479 g/mol. The van der Waals surface area contributed by atoms with Crippen molar-refractivity contribution < 1.29 is 9.18 Å². The van der Waals surface area contributed by atoms with Crippen LogP contribution in [0.2, 0.25) is 0 Å². The summed E-state index contributed by atoms with van der Waals surface area (Å²) in [5, 5.41) is 6.39. The predicted octanol–water partition coefficient (Wildman–Crippen LogP) is 3.03. The SMILES string of the molecule is CCN=Cc1c(N2CC(C)NC(C3CC3)C2)ccc(C(=O)Nc2cn3cc(C)nc3c(F)n2)c1N. The van der Waals surface area contributed by atoms with Crippen molar-refractivity contribution in [2.45, 2.75) is 45.7 Å². The molecule has 1 aliphatic carbocycles. The summed E-state index contributed by atoms with van der Waals surface area (Å²) in [5.74, 6) is -0.423. The number of nitrogens with zero attached hydrogens (tertiary/aromatic N) is 5. The second-order valence-corrected chi connectivity index (χ2v) is 9.49. The molecule has 1 amide bonds. The summed E-state index contributed by atoms with van der Waals surface area (Å²) in [6, 6.07) is 4.44. The topological polar surface area (TPSA) is 113 Å². The first-order valence-electron chi connectivity index (χ1n) is 12.1. The lowest BCUT2D eigenvalue weighted by atomic mass is 10.0. The first-order chi connectivity index (χ1) is 16.8. The Hall–Kier alpha value is -3.53. The highest BCUT2D eigenvalue weighted by atomic mass is 19.1. The molecule has 1 saturated heterocycles. The molecule has 2 aliphatic rings. The zero-order valence-corrected chi connectivity index (χ0v) is 20.3. The maximum Gasteiger partial charge on any atom is 0.258 e. The Kier molecular flexibility index (Phi) is 6.14. The third-order valence-electron chi connectivity index (χ3n) is 6.61. The molecular weight excluding hydrogens is 447 g/mol. The summed E-state index contributed by atoms with van der Waals surface area (Å²) in [6.45, 7) is 8.24. The minimum absolute atomic E-state index is 0.0767. The Labute approximate surface area is 203 Å². The van der Waals surface area contributed by atoms with Gasteiger partial charge < -0.3 is 21.3 Å². The van der Waals surface area contributed by atoms with E-state index in [2.05, 4.69) is 37.4 Å². The number of carbonyl (C=O) groups is 1. The number of aromatic nitrogens is 3. The maximum atomic E-state index is 14.4. The fourth-order valence-corrected chi connectivity index (χ4v) is 4.84. The highest BCUT2D eigenvalue weighted by Gasteiger charge is 2.36. The largest absolute Gasteiger partial charge is 0.397 e. The Morgan fingerprint density at radius 2 is 2.11 bits per heavy atom. The zero-order chi connectivity index (χ0) is 24.7. The molecule has 2 atom stereocenters. The number of nitrogens with two attached hydrogens (primary N) is 1. The third kappa shape index (κ3) is 4.70. The van der Waals surface area contributed by atoms with Gasteiger partial charge in [-0.15, -0.1) is 0 Å². The molecule has 184 valence electrons. The van der Waals surface area contributed by atoms with Crippen molar-refractivity contribution in [3.8, 4) is 0 Å². The van der Waals surface area contributed by atoms with E-state index >= 15 is 0 Å². The molecule has 4 N–H and O–H groups in total. The van der Waals surface area contributed by atoms with Crippen molar-refractivity contribution in [1.29, 1.82) is 0 Å². The molecule has 0 spiro atoms. The minimum atomic E-state index is -0.756. The van der Waals surface area contributed by atoms with E-state index in [0.717, 1.165) is 30.3 Å². The van der Waals surface area contributed by atoms with Gasteiger partial charge in [0.1, 0.15) is 0 Å². The molecule has 0 radical (unpaired) electrons. The van der Waals surface area contributed by atoms with Gasteiger partial charge in [-0.3, -0.25) is 14.2 Å². The molecule has 3 aromatic rings. The number of aryl methyl sites for hydroxylation is 1. The molecule has 1 saturated carbocycles. The molecule has 2 fully saturated rings. The van der Waals surface area contributed by atoms with Crippen LogP contribution in [0.1, 0.15) is 48.3 Å². The number of hydrogen-bond donors (Lipinski definition) is 3. The Bertz CT molecular complexity index is 1300. The summed E-state index contributed by atoms with van der Waals surface area (Å²) >= 11 is 0. The van der Waals surface area contributed by atoms with Crippen molar-refractivity contribution in [2.75, 3.05) is 35.6 Å². The first kappa shape index (κ1) is 23.2. The third-order valence-corrected chi connectivity index (χ3v) is 6.61. The van der Waals surface area contributed by atoms with Gasteiger partial charge in [-0.25, -0.2) is 4.98 Å². The molecule has 0 bridgehead atoms. The second kappa shape index (κ2) is 9.26. The summed E-state index contributed by atoms with van der Waals surface area (Å²) in [5.41, 5.74) is 9.63. The fraction of sp³-hybridized carbons (Fsp3) is 0.440. The van der Waals surface area contributed by atoms with E-state index in [1.807, 2.05) is 13.0 Å². The molecule has 35 heavy (non-hydrogen) atoms. The van der Waals surface area contributed by atoms with Crippen LogP contribution in [0, 0.1) is 18.8 Å². The first-order valence-corrected chi connectivity index (χ1v) is 12.1. The molecule has 9 nitrogen and oxygen atoms in total. The van der Waals surface area contributed by atoms with Crippen LogP contribution in [0.15, 0.2) is 29.5 Å². The van der Waals surface area contributed by atoms with E-state index in [0.29, 0.717) is 30.0 Å². The van der Waals surface area contributed by atoms with Crippen LogP contribution in [-0.2, 0) is 0 Å². The van der Waals surface area contributed by atoms with Crippen molar-refractivity contribution in [1.82, 2.24) is 19.7 Å². The molecule has 1 aliphatic heterocycles. The van der Waals surface area contributed by atoms with E-state index in [1.54, 1.807) is 25.4 Å². The number of piperazine rings is 1. The van der Waals surface area contributed by atoms with Gasteiger partial charge in [-0.2, -0.15) is 9.37 Å². The van der Waals surface area contributed by atoms with Crippen LogP contribution >= 0.6 is 0 Å². The Balaban J connectivity index is 1.45. The monoisotopic (exact) mass is 478 g/mol. The summed E-state index contributed by atoms with van der Waals surface area (Å²) in [4.78, 5) is 27.9. The number of fused-ring (bicyclic) bond motifs is 1. The lowest BCUT2D eigenvalue weighted by Gasteiger charge is -2.40. The summed E-state index contributed by atoms with van der Waals surface area (Å²) in [7, 11) is 0. The normalized spacial score (nSPS) is 20.6. The number of nitrogens with one attached hydrogen (secondary N) is 2. The smallest absolute Gasteiger partial charge is 0.258 e. The number of imidazole rings is 1. The summed E-state index contributed by atoms with van der Waals surface area (Å²) < 4.78 is 15.9. The van der Waals surface area contributed by atoms with Gasteiger partial charge in [0.15, 0.2) is 11.5 Å². The number of rotatable bonds is 6. The molecule has 2 aromatic heterocycles. The van der Waals surface area contributed by atoms with Gasteiger partial charge in [0.2, 0.25) is 0 Å². The van der Waals surface area contributed by atoms with Crippen LogP contribution in [0.25, 0.3) is 5.65 Å². The number of carbonyl (C=O) groups excluding carboxylic acids is 1. The van der Waals surface area contributed by atoms with E-state index in [4.69, 9.17) is 5.73 Å². The van der Waals surface area contributed by atoms with E-state index in [1.165, 1.54) is 23.4 Å². The number of aliphatic imine (C=N–C) groups is 1. The molecule has 1 aromatic carbocycles. The lowest BCUT2D eigenvalue weighted by Crippen LogP contribution is -2.56. The quantitative estimate of drug-likeness (QED) is 0.371. The van der Waals surface area contributed by atoms with E-state index in [-0.39, 0.29) is 17.0 Å². The van der Waals surface area contributed by atoms with E-state index in [9.17, 15) is 9.18 Å². The van der Waals surface area contributed by atoms with Gasteiger partial charge in [-0.1, -0.05) is 0 Å². The van der Waals surface area contributed by atoms with Crippen LogP contribution in [0.4, 0.5) is 21.6 Å². The predicted molar refractivity (Wildman–Crippen MR) is 136 cm³/mol. The van der Waals surface area contributed by atoms with Crippen LogP contribution < -0.4 is 21.3 Å². The Morgan fingerprint density at radius 3 is 2.86 bits per heavy atom. The second-order valence-electron chi connectivity index (χ2n) is 9.49. The molecule has 2 unspecified atom stereocenters. The maximum absolute atomic E-state index is 14.4. The van der Waals surface area contributed by atoms with Crippen molar-refractivity contribution >= 4 is 35.0 Å². The number of anilines is 3. The summed E-state index contributed by atoms with van der Waals surface area (Å²) in [6.07, 6.45) is 7.48. The highest BCUT2D eigenvalue weighted by Crippen LogP contribution is 2.36. The van der Waals surface area contributed by atoms with Crippen molar-refractivity contribution in [2.24, 2.45) is 10.9 Å². The molecule has 5 rings (SSSR count). The standard InChI is InChI=1S/C25H31FN8O/c1-4-28-9-18-20(33-10-14(2)29-19(12-33)16-5-6-16)8-7-17(22(18)27)25(35)32-21-13-34-11-15(3)30-24(34)23(26)31-21/h7-9,11,13-14,16,19,29H,4-6,10,12,27H2,1-3H3,(H,32,35). The highest BCUT2D eigenvalue weighted by molar-refractivity contribution is 6.11.